The van der Waals surface area contributed by atoms with E-state index in [1.54, 1.807) is 7.11 Å². The van der Waals surface area contributed by atoms with Crippen molar-refractivity contribution in [2.24, 2.45) is 0 Å². The molecular weight excluding hydrogens is 252 g/mol. The maximum Gasteiger partial charge on any atom is 0.251 e. The van der Waals surface area contributed by atoms with Crippen LogP contribution in [0, 0.1) is 0 Å². The lowest BCUT2D eigenvalue weighted by Crippen LogP contribution is -2.22. The highest BCUT2D eigenvalue weighted by atomic mass is 16.5. The lowest BCUT2D eigenvalue weighted by atomic mass is 10.1. The van der Waals surface area contributed by atoms with E-state index in [2.05, 4.69) is 35.1 Å². The summed E-state index contributed by atoms with van der Waals surface area (Å²) < 4.78 is 5.07. The molecule has 1 heterocycles. The number of benzene rings is 1. The summed E-state index contributed by atoms with van der Waals surface area (Å²) in [6, 6.07) is 8.22. The van der Waals surface area contributed by atoms with Crippen LogP contribution in [0.4, 0.5) is 0 Å². The first-order valence-electron chi connectivity index (χ1n) is 6.96. The first kappa shape index (κ1) is 14.8. The van der Waals surface area contributed by atoms with Crippen molar-refractivity contribution in [2.75, 3.05) is 27.3 Å². The lowest BCUT2D eigenvalue weighted by Gasteiger charge is -2.16. The summed E-state index contributed by atoms with van der Waals surface area (Å²) in [5.74, 6) is 0. The summed E-state index contributed by atoms with van der Waals surface area (Å²) in [6.07, 6.45) is 0.757. The minimum Gasteiger partial charge on any atom is -0.383 e. The van der Waals surface area contributed by atoms with Crippen molar-refractivity contribution < 1.29 is 4.74 Å². The first-order chi connectivity index (χ1) is 9.63. The van der Waals surface area contributed by atoms with Gasteiger partial charge in [-0.25, -0.2) is 0 Å². The minimum absolute atomic E-state index is 0.0184. The Hall–Kier alpha value is -1.65. The van der Waals surface area contributed by atoms with Gasteiger partial charge in [0.05, 0.1) is 6.61 Å². The van der Waals surface area contributed by atoms with Crippen molar-refractivity contribution in [1.29, 1.82) is 0 Å². The molecule has 2 rings (SSSR count). The number of pyridine rings is 1. The van der Waals surface area contributed by atoms with Crippen molar-refractivity contribution in [3.63, 3.8) is 0 Å². The van der Waals surface area contributed by atoms with E-state index in [1.165, 1.54) is 5.56 Å². The van der Waals surface area contributed by atoms with Crippen molar-refractivity contribution >= 4 is 10.9 Å². The van der Waals surface area contributed by atoms with Crippen LogP contribution in [0.15, 0.2) is 29.1 Å². The summed E-state index contributed by atoms with van der Waals surface area (Å²) in [6.45, 7) is 4.45. The third-order valence-electron chi connectivity index (χ3n) is 3.50. The van der Waals surface area contributed by atoms with Crippen LogP contribution in [-0.4, -0.2) is 37.2 Å². The number of ether oxygens (including phenoxy) is 1. The van der Waals surface area contributed by atoms with Gasteiger partial charge in [-0.3, -0.25) is 9.69 Å². The van der Waals surface area contributed by atoms with Crippen LogP contribution in [-0.2, 0) is 17.7 Å². The Kier molecular flexibility index (Phi) is 4.93. The predicted octanol–water partition coefficient (Wildman–Crippen LogP) is 2.17. The van der Waals surface area contributed by atoms with Crippen LogP contribution in [0.3, 0.4) is 0 Å². The summed E-state index contributed by atoms with van der Waals surface area (Å²) in [5, 5.41) is 1.09. The summed E-state index contributed by atoms with van der Waals surface area (Å²) in [5.41, 5.74) is 2.95. The number of aryl methyl sites for hydroxylation is 1. The van der Waals surface area contributed by atoms with Crippen molar-refractivity contribution in [1.82, 2.24) is 9.88 Å². The molecule has 0 amide bonds. The Morgan fingerprint density at radius 3 is 2.80 bits per heavy atom. The summed E-state index contributed by atoms with van der Waals surface area (Å²) >= 11 is 0. The van der Waals surface area contributed by atoms with Gasteiger partial charge < -0.3 is 9.72 Å². The molecule has 0 spiro atoms. The van der Waals surface area contributed by atoms with Gasteiger partial charge in [0, 0.05) is 31.3 Å². The van der Waals surface area contributed by atoms with E-state index in [4.69, 9.17) is 4.74 Å². The Morgan fingerprint density at radius 2 is 2.10 bits per heavy atom. The number of nitrogens with zero attached hydrogens (tertiary/aromatic N) is 1. The molecule has 1 aromatic carbocycles. The number of H-pyrrole nitrogens is 1. The van der Waals surface area contributed by atoms with E-state index in [-0.39, 0.29) is 5.56 Å². The zero-order valence-corrected chi connectivity index (χ0v) is 12.4. The molecule has 0 aliphatic carbocycles. The van der Waals surface area contributed by atoms with Crippen molar-refractivity contribution in [2.45, 2.75) is 19.9 Å². The SMILES string of the molecule is CCc1cc2ccc(CN(C)CCOC)cc2[nH]c1=O. The molecule has 108 valence electrons. The number of nitrogens with one attached hydrogen (secondary N) is 1. The van der Waals surface area contributed by atoms with E-state index in [1.807, 2.05) is 13.0 Å². The van der Waals surface area contributed by atoms with Gasteiger partial charge in [-0.15, -0.1) is 0 Å². The van der Waals surface area contributed by atoms with E-state index in [9.17, 15) is 4.79 Å². The molecule has 0 aliphatic rings. The molecule has 0 fully saturated rings. The molecule has 4 nitrogen and oxygen atoms in total. The van der Waals surface area contributed by atoms with Gasteiger partial charge in [0.1, 0.15) is 0 Å². The maximum absolute atomic E-state index is 11.9. The van der Waals surface area contributed by atoms with Crippen LogP contribution in [0.25, 0.3) is 10.9 Å². The topological polar surface area (TPSA) is 45.3 Å². The molecule has 0 unspecified atom stereocenters. The van der Waals surface area contributed by atoms with Crippen LogP contribution in [0.5, 0.6) is 0 Å². The maximum atomic E-state index is 11.9. The van der Waals surface area contributed by atoms with Crippen molar-refractivity contribution in [3.8, 4) is 0 Å². The molecule has 2 aromatic rings. The van der Waals surface area contributed by atoms with E-state index >= 15 is 0 Å². The predicted molar refractivity (Wildman–Crippen MR) is 82.2 cm³/mol. The Labute approximate surface area is 119 Å². The molecule has 0 saturated heterocycles. The van der Waals surface area contributed by atoms with Crippen LogP contribution < -0.4 is 5.56 Å². The number of hydrogen-bond donors (Lipinski definition) is 1. The smallest absolute Gasteiger partial charge is 0.251 e. The third kappa shape index (κ3) is 3.46. The third-order valence-corrected chi connectivity index (χ3v) is 3.50. The van der Waals surface area contributed by atoms with Gasteiger partial charge in [0.25, 0.3) is 5.56 Å². The minimum atomic E-state index is 0.0184. The molecule has 1 N–H and O–H groups in total. The molecule has 0 aliphatic heterocycles. The quantitative estimate of drug-likeness (QED) is 0.878. The standard InChI is InChI=1S/C16H22N2O2/c1-4-13-10-14-6-5-12(9-15(14)17-16(13)19)11-18(2)7-8-20-3/h5-6,9-10H,4,7-8,11H2,1-3H3,(H,17,19). The second kappa shape index (κ2) is 6.68. The molecule has 20 heavy (non-hydrogen) atoms. The fourth-order valence-corrected chi connectivity index (χ4v) is 2.29. The van der Waals surface area contributed by atoms with Gasteiger partial charge >= 0.3 is 0 Å². The van der Waals surface area contributed by atoms with E-state index in [0.29, 0.717) is 0 Å². The van der Waals surface area contributed by atoms with Gasteiger partial charge in [-0.05, 0) is 36.6 Å². The van der Waals surface area contributed by atoms with Gasteiger partial charge in [0.2, 0.25) is 0 Å². The molecule has 0 bridgehead atoms. The fraction of sp³-hybridized carbons (Fsp3) is 0.438. The number of aromatic nitrogens is 1. The average molecular weight is 274 g/mol. The number of fused-ring (bicyclic) bond motifs is 1. The molecule has 0 atom stereocenters. The highest BCUT2D eigenvalue weighted by Gasteiger charge is 2.04. The lowest BCUT2D eigenvalue weighted by molar-refractivity contribution is 0.158. The van der Waals surface area contributed by atoms with Crippen LogP contribution in [0.1, 0.15) is 18.1 Å². The second-order valence-electron chi connectivity index (χ2n) is 5.13. The molecule has 0 radical (unpaired) electrons. The number of methoxy groups -OCH3 is 1. The van der Waals surface area contributed by atoms with Crippen molar-refractivity contribution in [3.05, 3.63) is 45.7 Å². The Balaban J connectivity index is 2.23. The Bertz CT molecular complexity index is 634. The Morgan fingerprint density at radius 1 is 1.30 bits per heavy atom. The second-order valence-corrected chi connectivity index (χ2v) is 5.13. The molecular formula is C16H22N2O2. The van der Waals surface area contributed by atoms with Gasteiger partial charge in [0.15, 0.2) is 0 Å². The summed E-state index contributed by atoms with van der Waals surface area (Å²) in [7, 11) is 3.77. The normalized spacial score (nSPS) is 11.4. The summed E-state index contributed by atoms with van der Waals surface area (Å²) in [4.78, 5) is 17.0. The van der Waals surface area contributed by atoms with Crippen LogP contribution in [0.2, 0.25) is 0 Å². The number of rotatable bonds is 6. The van der Waals surface area contributed by atoms with Gasteiger partial charge in [-0.1, -0.05) is 19.1 Å². The number of aromatic amines is 1. The fourth-order valence-electron chi connectivity index (χ4n) is 2.29. The highest BCUT2D eigenvalue weighted by Crippen LogP contribution is 2.15. The monoisotopic (exact) mass is 274 g/mol. The zero-order chi connectivity index (χ0) is 14.5. The molecule has 1 aromatic heterocycles. The zero-order valence-electron chi connectivity index (χ0n) is 12.4. The van der Waals surface area contributed by atoms with Crippen LogP contribution >= 0.6 is 0 Å². The van der Waals surface area contributed by atoms with E-state index < -0.39 is 0 Å². The number of hydrogen-bond acceptors (Lipinski definition) is 3. The first-order valence-corrected chi connectivity index (χ1v) is 6.96. The number of likely N-dealkylation sites (N-methyl/N-ethyl adjacent to an activating group) is 1. The van der Waals surface area contributed by atoms with Gasteiger partial charge in [-0.2, -0.15) is 0 Å². The largest absolute Gasteiger partial charge is 0.383 e. The molecule has 0 saturated carbocycles. The highest BCUT2D eigenvalue weighted by molar-refractivity contribution is 5.79. The average Bonchev–Trinajstić information content (AvgIpc) is 2.44. The van der Waals surface area contributed by atoms with E-state index in [0.717, 1.165) is 42.6 Å². The molecule has 4 heteroatoms.